The lowest BCUT2D eigenvalue weighted by atomic mass is 9.94. The van der Waals surface area contributed by atoms with E-state index in [1.807, 2.05) is 38.1 Å². The van der Waals surface area contributed by atoms with Gasteiger partial charge in [-0.2, -0.15) is 0 Å². The van der Waals surface area contributed by atoms with Crippen LogP contribution in [-0.4, -0.2) is 31.7 Å². The molecular weight excluding hydrogens is 276 g/mol. The van der Waals surface area contributed by atoms with Gasteiger partial charge < -0.3 is 15.4 Å². The first-order valence-electron chi connectivity index (χ1n) is 6.85. The van der Waals surface area contributed by atoms with E-state index >= 15 is 0 Å². The average Bonchev–Trinajstić information content (AvgIpc) is 2.39. The lowest BCUT2D eigenvalue weighted by Crippen LogP contribution is -2.47. The zero-order chi connectivity index (χ0) is 14.6. The lowest BCUT2D eigenvalue weighted by Gasteiger charge is -2.29. The van der Waals surface area contributed by atoms with Gasteiger partial charge in [0.1, 0.15) is 0 Å². The Kier molecular flexibility index (Phi) is 5.02. The highest BCUT2D eigenvalue weighted by molar-refractivity contribution is 6.30. The summed E-state index contributed by atoms with van der Waals surface area (Å²) in [7, 11) is 0. The van der Waals surface area contributed by atoms with Gasteiger partial charge in [-0.05, 0) is 31.5 Å². The van der Waals surface area contributed by atoms with E-state index in [2.05, 4.69) is 10.6 Å². The van der Waals surface area contributed by atoms with Gasteiger partial charge in [-0.25, -0.2) is 0 Å². The van der Waals surface area contributed by atoms with Crippen molar-refractivity contribution in [3.8, 4) is 0 Å². The first-order chi connectivity index (χ1) is 9.47. The Labute approximate surface area is 124 Å². The summed E-state index contributed by atoms with van der Waals surface area (Å²) in [5.41, 5.74) is 0.545. The molecule has 0 aliphatic carbocycles. The zero-order valence-corrected chi connectivity index (χ0v) is 12.7. The van der Waals surface area contributed by atoms with Crippen molar-refractivity contribution in [1.82, 2.24) is 10.6 Å². The summed E-state index contributed by atoms with van der Waals surface area (Å²) in [6.07, 6.45) is 0.421. The molecule has 20 heavy (non-hydrogen) atoms. The first kappa shape index (κ1) is 15.3. The van der Waals surface area contributed by atoms with Crippen molar-refractivity contribution < 1.29 is 9.53 Å². The molecule has 5 heteroatoms. The Morgan fingerprint density at radius 2 is 2.35 bits per heavy atom. The van der Waals surface area contributed by atoms with E-state index in [-0.39, 0.29) is 11.9 Å². The molecular formula is C15H21ClN2O2. The molecule has 1 saturated heterocycles. The zero-order valence-electron chi connectivity index (χ0n) is 11.9. The van der Waals surface area contributed by atoms with E-state index in [0.29, 0.717) is 24.7 Å². The third-order valence-electron chi connectivity index (χ3n) is 3.43. The molecule has 1 aliphatic heterocycles. The smallest absolute Gasteiger partial charge is 0.222 e. The van der Waals surface area contributed by atoms with Crippen LogP contribution in [0.15, 0.2) is 24.3 Å². The number of morpholine rings is 1. The van der Waals surface area contributed by atoms with Crippen LogP contribution in [0, 0.1) is 0 Å². The molecule has 1 aromatic carbocycles. The van der Waals surface area contributed by atoms with Crippen molar-refractivity contribution in [1.29, 1.82) is 0 Å². The van der Waals surface area contributed by atoms with E-state index in [9.17, 15) is 4.79 Å². The number of nitrogens with one attached hydrogen (secondary N) is 2. The summed E-state index contributed by atoms with van der Waals surface area (Å²) in [6.45, 7) is 6.05. The molecule has 0 spiro atoms. The second kappa shape index (κ2) is 6.57. The average molecular weight is 297 g/mol. The van der Waals surface area contributed by atoms with Gasteiger partial charge in [-0.1, -0.05) is 23.7 Å². The van der Waals surface area contributed by atoms with Crippen LogP contribution >= 0.6 is 11.6 Å². The van der Waals surface area contributed by atoms with Crippen molar-refractivity contribution in [2.45, 2.75) is 31.8 Å². The number of hydrogen-bond acceptors (Lipinski definition) is 3. The Morgan fingerprint density at radius 3 is 3.00 bits per heavy atom. The van der Waals surface area contributed by atoms with Crippen LogP contribution in [0.1, 0.15) is 25.8 Å². The highest BCUT2D eigenvalue weighted by atomic mass is 35.5. The Bertz CT molecular complexity index is 471. The monoisotopic (exact) mass is 296 g/mol. The highest BCUT2D eigenvalue weighted by Gasteiger charge is 2.25. The fraction of sp³-hybridized carbons (Fsp3) is 0.533. The minimum atomic E-state index is -0.447. The second-order valence-corrected chi connectivity index (χ2v) is 6.05. The summed E-state index contributed by atoms with van der Waals surface area (Å²) < 4.78 is 5.35. The molecule has 1 aliphatic rings. The fourth-order valence-corrected chi connectivity index (χ4v) is 2.51. The van der Waals surface area contributed by atoms with Crippen LogP contribution in [0.4, 0.5) is 0 Å². The molecule has 110 valence electrons. The molecule has 2 N–H and O–H groups in total. The molecule has 0 radical (unpaired) electrons. The number of rotatable bonds is 4. The molecule has 1 amide bonds. The largest absolute Gasteiger partial charge is 0.378 e. The van der Waals surface area contributed by atoms with E-state index in [1.54, 1.807) is 0 Å². The fourth-order valence-electron chi connectivity index (χ4n) is 2.32. The van der Waals surface area contributed by atoms with Gasteiger partial charge in [-0.15, -0.1) is 0 Å². The third-order valence-corrected chi connectivity index (χ3v) is 3.66. The normalized spacial score (nSPS) is 19.6. The van der Waals surface area contributed by atoms with E-state index in [4.69, 9.17) is 16.3 Å². The van der Waals surface area contributed by atoms with Crippen LogP contribution in [0.5, 0.6) is 0 Å². The molecule has 4 nitrogen and oxygen atoms in total. The van der Waals surface area contributed by atoms with Gasteiger partial charge >= 0.3 is 0 Å². The van der Waals surface area contributed by atoms with E-state index in [1.165, 1.54) is 0 Å². The number of carbonyl (C=O) groups is 1. The van der Waals surface area contributed by atoms with Crippen LogP contribution in [0.3, 0.4) is 0 Å². The predicted octanol–water partition coefficient (Wildman–Crippen LogP) is 2.07. The summed E-state index contributed by atoms with van der Waals surface area (Å²) >= 11 is 6.00. The predicted molar refractivity (Wildman–Crippen MR) is 79.8 cm³/mol. The van der Waals surface area contributed by atoms with Crippen LogP contribution < -0.4 is 10.6 Å². The molecule has 1 heterocycles. The van der Waals surface area contributed by atoms with Crippen LogP contribution in [0.2, 0.25) is 5.02 Å². The van der Waals surface area contributed by atoms with Crippen molar-refractivity contribution in [2.24, 2.45) is 0 Å². The van der Waals surface area contributed by atoms with Gasteiger partial charge in [0.05, 0.1) is 18.8 Å². The maximum absolute atomic E-state index is 12.1. The molecule has 0 saturated carbocycles. The van der Waals surface area contributed by atoms with Crippen molar-refractivity contribution in [3.63, 3.8) is 0 Å². The number of halogens is 1. The molecule has 1 atom stereocenters. The molecule has 0 bridgehead atoms. The standard InChI is InChI=1S/C15H21ClN2O2/c1-15(2,11-4-3-5-12(16)8-11)18-14(19)9-13-10-20-7-6-17-13/h3-5,8,13,17H,6-7,9-10H2,1-2H3,(H,18,19). The topological polar surface area (TPSA) is 50.4 Å². The number of carbonyl (C=O) groups excluding carboxylic acids is 1. The molecule has 1 unspecified atom stereocenters. The molecule has 1 aromatic rings. The molecule has 0 aromatic heterocycles. The first-order valence-corrected chi connectivity index (χ1v) is 7.23. The minimum Gasteiger partial charge on any atom is -0.378 e. The maximum atomic E-state index is 12.1. The van der Waals surface area contributed by atoms with E-state index in [0.717, 1.165) is 12.1 Å². The SMILES string of the molecule is CC(C)(NC(=O)CC1COCCN1)c1cccc(Cl)c1. The quantitative estimate of drug-likeness (QED) is 0.894. The van der Waals surface area contributed by atoms with E-state index < -0.39 is 5.54 Å². The molecule has 1 fully saturated rings. The Balaban J connectivity index is 1.94. The number of amides is 1. The summed E-state index contributed by atoms with van der Waals surface area (Å²) in [5, 5.41) is 7.00. The van der Waals surface area contributed by atoms with Crippen molar-refractivity contribution in [3.05, 3.63) is 34.9 Å². The highest BCUT2D eigenvalue weighted by Crippen LogP contribution is 2.23. The Hall–Kier alpha value is -1.10. The number of hydrogen-bond donors (Lipinski definition) is 2. The van der Waals surface area contributed by atoms with Crippen LogP contribution in [-0.2, 0) is 15.1 Å². The van der Waals surface area contributed by atoms with Gasteiger partial charge in [0.25, 0.3) is 0 Å². The van der Waals surface area contributed by atoms with Gasteiger partial charge in [0.2, 0.25) is 5.91 Å². The number of ether oxygens (including phenoxy) is 1. The van der Waals surface area contributed by atoms with Crippen molar-refractivity contribution >= 4 is 17.5 Å². The minimum absolute atomic E-state index is 0.0120. The van der Waals surface area contributed by atoms with Crippen molar-refractivity contribution in [2.75, 3.05) is 19.8 Å². The summed E-state index contributed by atoms with van der Waals surface area (Å²) in [4.78, 5) is 12.1. The lowest BCUT2D eigenvalue weighted by molar-refractivity contribution is -0.124. The number of benzene rings is 1. The Morgan fingerprint density at radius 1 is 1.55 bits per heavy atom. The van der Waals surface area contributed by atoms with Gasteiger partial charge in [0, 0.05) is 24.0 Å². The summed E-state index contributed by atoms with van der Waals surface area (Å²) in [6, 6.07) is 7.66. The van der Waals surface area contributed by atoms with Crippen LogP contribution in [0.25, 0.3) is 0 Å². The third kappa shape index (κ3) is 4.20. The molecule has 2 rings (SSSR count). The maximum Gasteiger partial charge on any atom is 0.222 e. The second-order valence-electron chi connectivity index (χ2n) is 5.61. The van der Waals surface area contributed by atoms with Gasteiger partial charge in [0.15, 0.2) is 0 Å². The summed E-state index contributed by atoms with van der Waals surface area (Å²) in [5.74, 6) is 0.0120. The van der Waals surface area contributed by atoms with Gasteiger partial charge in [-0.3, -0.25) is 4.79 Å².